The molecule has 0 aliphatic heterocycles. The Morgan fingerprint density at radius 3 is 2.94 bits per heavy atom. The number of halogens is 1. The number of hydrogen-bond acceptors (Lipinski definition) is 5. The van der Waals surface area contributed by atoms with Crippen molar-refractivity contribution in [2.45, 2.75) is 12.1 Å². The highest BCUT2D eigenvalue weighted by molar-refractivity contribution is 14.1. The summed E-state index contributed by atoms with van der Waals surface area (Å²) in [5.41, 5.74) is 0. The predicted molar refractivity (Wildman–Crippen MR) is 72.3 cm³/mol. The molecule has 0 N–H and O–H groups in total. The lowest BCUT2D eigenvalue weighted by atomic mass is 10.5. The molecule has 0 aromatic carbocycles. The first-order valence-electron chi connectivity index (χ1n) is 4.57. The maximum Gasteiger partial charge on any atom is 0.262 e. The van der Waals surface area contributed by atoms with Crippen LogP contribution in [0.2, 0.25) is 0 Å². The van der Waals surface area contributed by atoms with E-state index >= 15 is 0 Å². The van der Waals surface area contributed by atoms with Gasteiger partial charge in [-0.1, -0.05) is 17.7 Å². The highest BCUT2D eigenvalue weighted by Gasteiger charge is 2.08. The van der Waals surface area contributed by atoms with Crippen molar-refractivity contribution in [1.29, 1.82) is 0 Å². The molecule has 0 unspecified atom stereocenters. The Morgan fingerprint density at radius 2 is 2.31 bits per heavy atom. The van der Waals surface area contributed by atoms with Gasteiger partial charge in [-0.25, -0.2) is 4.98 Å². The lowest BCUT2D eigenvalue weighted by molar-refractivity contribution is 0.286. The zero-order valence-electron chi connectivity index (χ0n) is 8.99. The van der Waals surface area contributed by atoms with Gasteiger partial charge in [-0.2, -0.15) is 4.98 Å². The summed E-state index contributed by atoms with van der Waals surface area (Å²) in [4.78, 5) is 8.33. The molecular formula is C10H11IN2O2S. The summed E-state index contributed by atoms with van der Waals surface area (Å²) in [6.45, 7) is 2.75. The fraction of sp³-hybridized carbons (Fsp3) is 0.400. The highest BCUT2D eigenvalue weighted by atomic mass is 127. The van der Waals surface area contributed by atoms with Crippen LogP contribution in [0, 0.1) is 9.85 Å². The molecule has 6 heteroatoms. The maximum atomic E-state index is 5.40. The van der Waals surface area contributed by atoms with E-state index in [0.29, 0.717) is 30.0 Å². The first-order valence-corrected chi connectivity index (χ1v) is 6.87. The highest BCUT2D eigenvalue weighted by Crippen LogP contribution is 2.25. The van der Waals surface area contributed by atoms with Gasteiger partial charge in [0.1, 0.15) is 0 Å². The molecule has 1 rings (SSSR count). The topological polar surface area (TPSA) is 44.2 Å². The predicted octanol–water partition coefficient (Wildman–Crippen LogP) is 2.37. The Balaban J connectivity index is 2.84. The molecule has 0 aliphatic carbocycles. The van der Waals surface area contributed by atoms with Crippen LogP contribution in [0.25, 0.3) is 0 Å². The molecule has 86 valence electrons. The second-order valence-corrected chi connectivity index (χ2v) is 3.83. The largest absolute Gasteiger partial charge is 0.487 e. The van der Waals surface area contributed by atoms with Crippen LogP contribution in [0.1, 0.15) is 6.92 Å². The summed E-state index contributed by atoms with van der Waals surface area (Å²) in [5.74, 6) is 3.79. The van der Waals surface area contributed by atoms with Gasteiger partial charge >= 0.3 is 0 Å². The number of ether oxygens (including phenoxy) is 2. The standard InChI is InChI=1S/C10H11IN2O2S/c1-3-14-8-7-12-10(16-2)13-9(8)15-6-4-5-11/h7H,3,6H2,1-2H3. The van der Waals surface area contributed by atoms with Crippen molar-refractivity contribution in [3.05, 3.63) is 6.20 Å². The van der Waals surface area contributed by atoms with E-state index in [0.717, 1.165) is 0 Å². The molecule has 0 aliphatic rings. The minimum Gasteiger partial charge on any atom is -0.487 e. The number of aromatic nitrogens is 2. The monoisotopic (exact) mass is 350 g/mol. The second-order valence-electron chi connectivity index (χ2n) is 2.52. The van der Waals surface area contributed by atoms with Crippen LogP contribution in [0.15, 0.2) is 11.4 Å². The molecule has 0 bridgehead atoms. The third-order valence-electron chi connectivity index (χ3n) is 1.53. The summed E-state index contributed by atoms with van der Waals surface area (Å²) in [6, 6.07) is 0. The molecule has 4 nitrogen and oxygen atoms in total. The van der Waals surface area contributed by atoms with Crippen molar-refractivity contribution < 1.29 is 9.47 Å². The summed E-state index contributed by atoms with van der Waals surface area (Å²) < 4.78 is 13.5. The van der Waals surface area contributed by atoms with Crippen LogP contribution in [0.4, 0.5) is 0 Å². The number of hydrogen-bond donors (Lipinski definition) is 0. The molecule has 0 saturated carbocycles. The van der Waals surface area contributed by atoms with E-state index in [1.807, 2.05) is 35.8 Å². The average Bonchev–Trinajstić information content (AvgIpc) is 2.31. The summed E-state index contributed by atoms with van der Waals surface area (Å²) in [5, 5.41) is 0.654. The van der Waals surface area contributed by atoms with Gasteiger partial charge in [-0.3, -0.25) is 0 Å². The van der Waals surface area contributed by atoms with E-state index in [9.17, 15) is 0 Å². The number of rotatable bonds is 5. The molecule has 0 amide bonds. The van der Waals surface area contributed by atoms with E-state index in [1.165, 1.54) is 11.8 Å². The first-order chi connectivity index (χ1) is 7.81. The summed E-state index contributed by atoms with van der Waals surface area (Å²) in [6.07, 6.45) is 3.53. The Kier molecular flexibility index (Phi) is 6.33. The summed E-state index contributed by atoms with van der Waals surface area (Å²) >= 11 is 3.41. The summed E-state index contributed by atoms with van der Waals surface area (Å²) in [7, 11) is 0. The van der Waals surface area contributed by atoms with Crippen LogP contribution in [0.3, 0.4) is 0 Å². The van der Waals surface area contributed by atoms with Gasteiger partial charge in [0.15, 0.2) is 17.5 Å². The third-order valence-corrected chi connectivity index (χ3v) is 2.47. The van der Waals surface area contributed by atoms with Gasteiger partial charge in [0.05, 0.1) is 12.8 Å². The van der Waals surface area contributed by atoms with Crippen LogP contribution >= 0.6 is 34.4 Å². The second kappa shape index (κ2) is 7.57. The van der Waals surface area contributed by atoms with Gasteiger partial charge in [0.2, 0.25) is 0 Å². The van der Waals surface area contributed by atoms with Crippen LogP contribution < -0.4 is 9.47 Å². The Labute approximate surface area is 113 Å². The van der Waals surface area contributed by atoms with Crippen LogP contribution in [-0.2, 0) is 0 Å². The van der Waals surface area contributed by atoms with Crippen molar-refractivity contribution >= 4 is 34.4 Å². The van der Waals surface area contributed by atoms with E-state index in [4.69, 9.17) is 9.47 Å². The van der Waals surface area contributed by atoms with Crippen molar-refractivity contribution in [1.82, 2.24) is 9.97 Å². The normalized spacial score (nSPS) is 9.19. The fourth-order valence-corrected chi connectivity index (χ4v) is 1.42. The molecule has 0 fully saturated rings. The van der Waals surface area contributed by atoms with E-state index in [-0.39, 0.29) is 0 Å². The molecule has 0 saturated heterocycles. The lowest BCUT2D eigenvalue weighted by Gasteiger charge is -2.08. The number of thioether (sulfide) groups is 1. The van der Waals surface area contributed by atoms with Gasteiger partial charge in [-0.15, -0.1) is 0 Å². The van der Waals surface area contributed by atoms with Crippen molar-refractivity contribution in [3.8, 4) is 21.5 Å². The minimum absolute atomic E-state index is 0.299. The Morgan fingerprint density at radius 1 is 1.50 bits per heavy atom. The molecule has 0 spiro atoms. The minimum atomic E-state index is 0.299. The van der Waals surface area contributed by atoms with Gasteiger partial charge in [0, 0.05) is 22.6 Å². The Bertz CT molecular complexity index is 404. The molecular weight excluding hydrogens is 339 g/mol. The van der Waals surface area contributed by atoms with Gasteiger partial charge in [-0.05, 0) is 17.1 Å². The lowest BCUT2D eigenvalue weighted by Crippen LogP contribution is -2.03. The van der Waals surface area contributed by atoms with E-state index in [2.05, 4.69) is 19.8 Å². The van der Waals surface area contributed by atoms with E-state index in [1.54, 1.807) is 6.20 Å². The first kappa shape index (κ1) is 13.4. The smallest absolute Gasteiger partial charge is 0.262 e. The molecule has 1 aromatic rings. The van der Waals surface area contributed by atoms with E-state index < -0.39 is 0 Å². The molecule has 0 radical (unpaired) electrons. The zero-order valence-corrected chi connectivity index (χ0v) is 12.0. The average molecular weight is 350 g/mol. The van der Waals surface area contributed by atoms with Crippen molar-refractivity contribution in [2.24, 2.45) is 0 Å². The zero-order chi connectivity index (χ0) is 11.8. The van der Waals surface area contributed by atoms with Gasteiger partial charge < -0.3 is 9.47 Å². The Hall–Kier alpha value is -0.680. The van der Waals surface area contributed by atoms with Crippen LogP contribution in [-0.4, -0.2) is 29.4 Å². The third kappa shape index (κ3) is 4.06. The van der Waals surface area contributed by atoms with Crippen molar-refractivity contribution in [2.75, 3.05) is 19.5 Å². The van der Waals surface area contributed by atoms with Crippen molar-refractivity contribution in [3.63, 3.8) is 0 Å². The number of nitrogens with zero attached hydrogens (tertiary/aromatic N) is 2. The van der Waals surface area contributed by atoms with Crippen LogP contribution in [0.5, 0.6) is 11.6 Å². The molecule has 1 aromatic heterocycles. The molecule has 1 heterocycles. The maximum absolute atomic E-state index is 5.40. The fourth-order valence-electron chi connectivity index (χ4n) is 0.928. The van der Waals surface area contributed by atoms with Gasteiger partial charge in [0.25, 0.3) is 5.88 Å². The quantitative estimate of drug-likeness (QED) is 0.353. The molecule has 16 heavy (non-hydrogen) atoms. The SMILES string of the molecule is CCOc1cnc(SC)nc1OCC#CI. The molecule has 0 atom stereocenters.